The van der Waals surface area contributed by atoms with Crippen molar-refractivity contribution in [2.24, 2.45) is 0 Å². The van der Waals surface area contributed by atoms with Crippen LogP contribution in [0.4, 0.5) is 0 Å². The molecule has 1 heterocycles. The zero-order chi connectivity index (χ0) is 16.8. The Morgan fingerprint density at radius 3 is 2.83 bits per heavy atom. The molecule has 0 fully saturated rings. The van der Waals surface area contributed by atoms with Crippen molar-refractivity contribution in [1.82, 2.24) is 10.3 Å². The number of esters is 1. The van der Waals surface area contributed by atoms with Crippen LogP contribution in [0.25, 0.3) is 10.6 Å². The van der Waals surface area contributed by atoms with E-state index in [4.69, 9.17) is 11.6 Å². The number of hydrogen-bond donors (Lipinski definition) is 1. The molecule has 1 amide bonds. The number of nitrogens with one attached hydrogen (secondary N) is 1. The second kappa shape index (κ2) is 8.08. The molecule has 0 radical (unpaired) electrons. The normalized spacial score (nSPS) is 11.8. The highest BCUT2D eigenvalue weighted by Crippen LogP contribution is 2.30. The van der Waals surface area contributed by atoms with Gasteiger partial charge in [0, 0.05) is 17.0 Å². The van der Waals surface area contributed by atoms with Gasteiger partial charge in [-0.1, -0.05) is 29.8 Å². The lowest BCUT2D eigenvalue weighted by atomic mass is 10.2. The van der Waals surface area contributed by atoms with Gasteiger partial charge in [-0.05, 0) is 13.0 Å². The molecule has 0 aliphatic heterocycles. The van der Waals surface area contributed by atoms with Gasteiger partial charge >= 0.3 is 5.97 Å². The van der Waals surface area contributed by atoms with Crippen LogP contribution in [0.5, 0.6) is 0 Å². The van der Waals surface area contributed by atoms with Gasteiger partial charge in [-0.3, -0.25) is 9.59 Å². The summed E-state index contributed by atoms with van der Waals surface area (Å²) in [5.41, 5.74) is 1.53. The maximum atomic E-state index is 12.0. The molecule has 0 spiro atoms. The van der Waals surface area contributed by atoms with E-state index in [1.807, 2.05) is 23.6 Å². The molecule has 1 N–H and O–H groups in total. The predicted octanol–water partition coefficient (Wildman–Crippen LogP) is 3.07. The molecule has 0 bridgehead atoms. The topological polar surface area (TPSA) is 68.3 Å². The van der Waals surface area contributed by atoms with Gasteiger partial charge in [0.1, 0.15) is 5.01 Å². The maximum Gasteiger partial charge on any atom is 0.307 e. The Bertz CT molecular complexity index is 702. The average molecular weight is 353 g/mol. The van der Waals surface area contributed by atoms with Crippen molar-refractivity contribution in [2.75, 3.05) is 7.11 Å². The van der Waals surface area contributed by atoms with Crippen molar-refractivity contribution in [3.63, 3.8) is 0 Å². The van der Waals surface area contributed by atoms with E-state index >= 15 is 0 Å². The van der Waals surface area contributed by atoms with Crippen molar-refractivity contribution in [3.05, 3.63) is 40.4 Å². The summed E-state index contributed by atoms with van der Waals surface area (Å²) in [6.07, 6.45) is 0.302. The zero-order valence-corrected chi connectivity index (χ0v) is 14.4. The number of thiazole rings is 1. The van der Waals surface area contributed by atoms with Gasteiger partial charge in [0.2, 0.25) is 5.91 Å². The van der Waals surface area contributed by atoms with E-state index in [1.54, 1.807) is 13.0 Å². The van der Waals surface area contributed by atoms with Crippen LogP contribution in [-0.2, 0) is 20.7 Å². The van der Waals surface area contributed by atoms with Crippen molar-refractivity contribution in [3.8, 4) is 10.6 Å². The summed E-state index contributed by atoms with van der Waals surface area (Å²) in [5, 5.41) is 6.00. The lowest BCUT2D eigenvalue weighted by Crippen LogP contribution is -2.35. The Hall–Kier alpha value is -1.92. The summed E-state index contributed by atoms with van der Waals surface area (Å²) in [6, 6.07) is 7.17. The molecule has 122 valence electrons. The second-order valence-electron chi connectivity index (χ2n) is 5.05. The number of hydrogen-bond acceptors (Lipinski definition) is 5. The zero-order valence-electron chi connectivity index (χ0n) is 12.8. The Morgan fingerprint density at radius 2 is 2.13 bits per heavy atom. The minimum absolute atomic E-state index is 0.143. The third kappa shape index (κ3) is 5.04. The quantitative estimate of drug-likeness (QED) is 0.811. The van der Waals surface area contributed by atoms with E-state index in [0.717, 1.165) is 10.6 Å². The molecule has 0 saturated carbocycles. The van der Waals surface area contributed by atoms with E-state index < -0.39 is 0 Å². The van der Waals surface area contributed by atoms with Crippen molar-refractivity contribution < 1.29 is 14.3 Å². The van der Waals surface area contributed by atoms with Gasteiger partial charge in [0.25, 0.3) is 0 Å². The number of nitrogens with zero attached hydrogens (tertiary/aromatic N) is 1. The van der Waals surface area contributed by atoms with Crippen LogP contribution in [0, 0.1) is 0 Å². The Balaban J connectivity index is 1.95. The summed E-state index contributed by atoms with van der Waals surface area (Å²) in [6.45, 7) is 1.75. The summed E-state index contributed by atoms with van der Waals surface area (Å²) in [4.78, 5) is 27.6. The fraction of sp³-hybridized carbons (Fsp3) is 0.312. The number of halogens is 1. The molecule has 1 aromatic carbocycles. The summed E-state index contributed by atoms with van der Waals surface area (Å²) < 4.78 is 4.57. The van der Waals surface area contributed by atoms with E-state index in [-0.39, 0.29) is 30.8 Å². The second-order valence-corrected chi connectivity index (χ2v) is 6.31. The third-order valence-electron chi connectivity index (χ3n) is 3.11. The van der Waals surface area contributed by atoms with Gasteiger partial charge in [0.15, 0.2) is 0 Å². The minimum Gasteiger partial charge on any atom is -0.469 e. The molecule has 0 aliphatic rings. The largest absolute Gasteiger partial charge is 0.469 e. The first kappa shape index (κ1) is 17.4. The number of ether oxygens (including phenoxy) is 1. The first-order valence-electron chi connectivity index (χ1n) is 7.05. The molecule has 1 atom stereocenters. The van der Waals surface area contributed by atoms with Crippen LogP contribution >= 0.6 is 22.9 Å². The Labute approximate surface area is 143 Å². The van der Waals surface area contributed by atoms with E-state index in [1.165, 1.54) is 18.4 Å². The number of carbonyl (C=O) groups is 2. The first-order valence-corrected chi connectivity index (χ1v) is 8.31. The van der Waals surface area contributed by atoms with Crippen molar-refractivity contribution in [1.29, 1.82) is 0 Å². The molecule has 0 aliphatic carbocycles. The smallest absolute Gasteiger partial charge is 0.307 e. The molecule has 5 nitrogen and oxygen atoms in total. The predicted molar refractivity (Wildman–Crippen MR) is 90.5 cm³/mol. The highest BCUT2D eigenvalue weighted by molar-refractivity contribution is 7.13. The lowest BCUT2D eigenvalue weighted by molar-refractivity contribution is -0.141. The number of benzene rings is 1. The summed E-state index contributed by atoms with van der Waals surface area (Å²) in [7, 11) is 1.32. The molecular weight excluding hydrogens is 336 g/mol. The Morgan fingerprint density at radius 1 is 1.39 bits per heavy atom. The van der Waals surface area contributed by atoms with Gasteiger partial charge in [-0.15, -0.1) is 11.3 Å². The maximum absolute atomic E-state index is 12.0. The summed E-state index contributed by atoms with van der Waals surface area (Å²) >= 11 is 7.59. The van der Waals surface area contributed by atoms with Crippen molar-refractivity contribution in [2.45, 2.75) is 25.8 Å². The van der Waals surface area contributed by atoms with E-state index in [2.05, 4.69) is 15.0 Å². The van der Waals surface area contributed by atoms with Crippen molar-refractivity contribution >= 4 is 34.8 Å². The number of rotatable bonds is 6. The van der Waals surface area contributed by atoms with Crippen LogP contribution in [0.3, 0.4) is 0 Å². The molecule has 1 unspecified atom stereocenters. The van der Waals surface area contributed by atoms with Crippen LogP contribution in [-0.4, -0.2) is 30.0 Å². The molecule has 2 rings (SSSR count). The monoisotopic (exact) mass is 352 g/mol. The lowest BCUT2D eigenvalue weighted by Gasteiger charge is -2.11. The third-order valence-corrected chi connectivity index (χ3v) is 4.36. The number of aromatic nitrogens is 1. The highest BCUT2D eigenvalue weighted by atomic mass is 35.5. The van der Waals surface area contributed by atoms with Crippen LogP contribution in [0.2, 0.25) is 5.02 Å². The molecule has 2 aromatic rings. The van der Waals surface area contributed by atoms with Gasteiger partial charge in [-0.25, -0.2) is 4.98 Å². The molecule has 7 heteroatoms. The van der Waals surface area contributed by atoms with Crippen LogP contribution < -0.4 is 5.32 Å². The fourth-order valence-electron chi connectivity index (χ4n) is 2.02. The standard InChI is InChI=1S/C16H17ClN2O3S/c1-10(7-15(21)22-2)18-14(20)8-11-9-23-16(19-11)12-5-3-4-6-13(12)17/h3-6,9-10H,7-8H2,1-2H3,(H,18,20). The molecule has 23 heavy (non-hydrogen) atoms. The molecule has 1 aromatic heterocycles. The highest BCUT2D eigenvalue weighted by Gasteiger charge is 2.14. The fourth-order valence-corrected chi connectivity index (χ4v) is 3.16. The van der Waals surface area contributed by atoms with E-state index in [0.29, 0.717) is 10.7 Å². The Kier molecular flexibility index (Phi) is 6.12. The first-order chi connectivity index (χ1) is 11.0. The molecular formula is C16H17ClN2O3S. The van der Waals surface area contributed by atoms with Crippen LogP contribution in [0.1, 0.15) is 19.0 Å². The average Bonchev–Trinajstić information content (AvgIpc) is 2.95. The summed E-state index contributed by atoms with van der Waals surface area (Å²) in [5.74, 6) is -0.537. The number of carbonyl (C=O) groups excluding carboxylic acids is 2. The minimum atomic E-state index is -0.354. The van der Waals surface area contributed by atoms with E-state index in [9.17, 15) is 9.59 Å². The number of amides is 1. The van der Waals surface area contributed by atoms with Gasteiger partial charge in [0.05, 0.1) is 30.7 Å². The SMILES string of the molecule is COC(=O)CC(C)NC(=O)Cc1csc(-c2ccccc2Cl)n1. The van der Waals surface area contributed by atoms with Gasteiger partial charge in [-0.2, -0.15) is 0 Å². The molecule has 0 saturated heterocycles. The van der Waals surface area contributed by atoms with Gasteiger partial charge < -0.3 is 10.1 Å². The number of methoxy groups -OCH3 is 1. The van der Waals surface area contributed by atoms with Crippen LogP contribution in [0.15, 0.2) is 29.6 Å².